The van der Waals surface area contributed by atoms with Gasteiger partial charge in [0.15, 0.2) is 0 Å². The van der Waals surface area contributed by atoms with Crippen molar-refractivity contribution in [3.05, 3.63) is 0 Å². The Hall–Kier alpha value is -0.810. The molecule has 1 heterocycles. The highest BCUT2D eigenvalue weighted by molar-refractivity contribution is 5.79. The molecule has 0 aromatic heterocycles. The Morgan fingerprint density at radius 1 is 1.35 bits per heavy atom. The number of aliphatic imine (C=N–C) groups is 1. The van der Waals surface area contributed by atoms with Gasteiger partial charge in [0.2, 0.25) is 5.96 Å². The van der Waals surface area contributed by atoms with E-state index in [0.29, 0.717) is 11.9 Å². The molecule has 0 spiro atoms. The lowest BCUT2D eigenvalue weighted by Crippen LogP contribution is -2.42. The number of guanidine groups is 1. The summed E-state index contributed by atoms with van der Waals surface area (Å²) >= 11 is 0. The Balaban J connectivity index is 2.08. The maximum atomic E-state index is 5.41. The molecular weight excluding hydrogens is 214 g/mol. The summed E-state index contributed by atoms with van der Waals surface area (Å²) in [5, 5.41) is 3.24. The van der Waals surface area contributed by atoms with E-state index in [2.05, 4.69) is 34.5 Å². The quantitative estimate of drug-likeness (QED) is 0.209. The molecule has 1 aliphatic heterocycles. The molecule has 0 aliphatic carbocycles. The van der Waals surface area contributed by atoms with E-state index in [1.54, 1.807) is 0 Å². The largest absolute Gasteiger partial charge is 0.355 e. The molecule has 1 aliphatic rings. The molecule has 1 saturated heterocycles. The van der Waals surface area contributed by atoms with Gasteiger partial charge in [-0.25, -0.2) is 5.84 Å². The molecule has 0 amide bonds. The van der Waals surface area contributed by atoms with Crippen molar-refractivity contribution in [3.63, 3.8) is 0 Å². The lowest BCUT2D eigenvalue weighted by Gasteiger charge is -2.15. The van der Waals surface area contributed by atoms with Crippen molar-refractivity contribution in [3.8, 4) is 0 Å². The smallest absolute Gasteiger partial charge is 0.205 e. The first-order chi connectivity index (χ1) is 8.22. The fourth-order valence-electron chi connectivity index (χ4n) is 1.94. The van der Waals surface area contributed by atoms with Crippen LogP contribution in [0.25, 0.3) is 0 Å². The Morgan fingerprint density at radius 2 is 2.06 bits per heavy atom. The molecule has 5 heteroatoms. The zero-order valence-electron chi connectivity index (χ0n) is 11.2. The predicted molar refractivity (Wildman–Crippen MR) is 72.8 cm³/mol. The van der Waals surface area contributed by atoms with Crippen molar-refractivity contribution < 1.29 is 0 Å². The fourth-order valence-corrected chi connectivity index (χ4v) is 1.94. The molecule has 0 bridgehead atoms. The van der Waals surface area contributed by atoms with E-state index in [1.165, 1.54) is 32.5 Å². The molecule has 0 radical (unpaired) electrons. The normalized spacial score (nSPS) is 17.8. The van der Waals surface area contributed by atoms with Crippen molar-refractivity contribution in [2.24, 2.45) is 16.8 Å². The summed E-state index contributed by atoms with van der Waals surface area (Å²) in [7, 11) is 0. The molecule has 1 fully saturated rings. The minimum absolute atomic E-state index is 0.560. The van der Waals surface area contributed by atoms with Gasteiger partial charge in [-0.05, 0) is 44.8 Å². The number of likely N-dealkylation sites (tertiary alicyclic amines) is 1. The average molecular weight is 241 g/mol. The number of nitrogens with one attached hydrogen (secondary N) is 2. The molecule has 0 atom stereocenters. The molecule has 0 saturated carbocycles. The lowest BCUT2D eigenvalue weighted by molar-refractivity contribution is 0.334. The van der Waals surface area contributed by atoms with Gasteiger partial charge >= 0.3 is 0 Å². The summed E-state index contributed by atoms with van der Waals surface area (Å²) in [6, 6.07) is 0. The summed E-state index contributed by atoms with van der Waals surface area (Å²) < 4.78 is 0. The minimum Gasteiger partial charge on any atom is -0.355 e. The van der Waals surface area contributed by atoms with Gasteiger partial charge in [0.05, 0.1) is 0 Å². The van der Waals surface area contributed by atoms with Gasteiger partial charge in [-0.2, -0.15) is 0 Å². The third kappa shape index (κ3) is 6.48. The van der Waals surface area contributed by atoms with Crippen molar-refractivity contribution >= 4 is 5.96 Å². The molecule has 0 unspecified atom stereocenters. The summed E-state index contributed by atoms with van der Waals surface area (Å²) in [5.41, 5.74) is 2.61. The Kier molecular flexibility index (Phi) is 6.96. The van der Waals surface area contributed by atoms with E-state index in [1.807, 2.05) is 0 Å². The van der Waals surface area contributed by atoms with E-state index in [-0.39, 0.29) is 0 Å². The summed E-state index contributed by atoms with van der Waals surface area (Å²) in [6.45, 7) is 9.73. The van der Waals surface area contributed by atoms with E-state index < -0.39 is 0 Å². The highest BCUT2D eigenvalue weighted by Gasteiger charge is 2.10. The lowest BCUT2D eigenvalue weighted by atomic mass is 10.2. The van der Waals surface area contributed by atoms with Crippen LogP contribution in [-0.2, 0) is 0 Å². The number of hydrogen-bond donors (Lipinski definition) is 3. The van der Waals surface area contributed by atoms with Gasteiger partial charge in [0, 0.05) is 13.1 Å². The molecule has 1 rings (SSSR count). The van der Waals surface area contributed by atoms with Crippen LogP contribution in [0.15, 0.2) is 4.99 Å². The topological polar surface area (TPSA) is 65.7 Å². The highest BCUT2D eigenvalue weighted by atomic mass is 15.3. The zero-order valence-corrected chi connectivity index (χ0v) is 11.2. The van der Waals surface area contributed by atoms with Gasteiger partial charge < -0.3 is 10.2 Å². The highest BCUT2D eigenvalue weighted by Crippen LogP contribution is 2.06. The fraction of sp³-hybridized carbons (Fsp3) is 0.917. The van der Waals surface area contributed by atoms with Crippen LogP contribution in [0.3, 0.4) is 0 Å². The van der Waals surface area contributed by atoms with Crippen molar-refractivity contribution in [1.29, 1.82) is 0 Å². The predicted octanol–water partition coefficient (Wildman–Crippen LogP) is 0.537. The monoisotopic (exact) mass is 241 g/mol. The Morgan fingerprint density at radius 3 is 2.65 bits per heavy atom. The van der Waals surface area contributed by atoms with Crippen molar-refractivity contribution in [2.75, 3.05) is 32.7 Å². The van der Waals surface area contributed by atoms with Crippen LogP contribution in [0.2, 0.25) is 0 Å². The number of nitrogens with two attached hydrogens (primary N) is 1. The summed E-state index contributed by atoms with van der Waals surface area (Å²) in [5.74, 6) is 6.68. The number of hydrogen-bond acceptors (Lipinski definition) is 3. The Bertz CT molecular complexity index is 221. The van der Waals surface area contributed by atoms with Gasteiger partial charge in [0.25, 0.3) is 0 Å². The van der Waals surface area contributed by atoms with Crippen LogP contribution < -0.4 is 16.6 Å². The van der Waals surface area contributed by atoms with Crippen LogP contribution in [0.4, 0.5) is 0 Å². The molecule has 4 N–H and O–H groups in total. The maximum absolute atomic E-state index is 5.41. The van der Waals surface area contributed by atoms with Gasteiger partial charge in [-0.3, -0.25) is 10.4 Å². The van der Waals surface area contributed by atoms with Gasteiger partial charge in [-0.1, -0.05) is 13.8 Å². The summed E-state index contributed by atoms with van der Waals surface area (Å²) in [4.78, 5) is 6.88. The number of rotatable bonds is 6. The van der Waals surface area contributed by atoms with Crippen molar-refractivity contribution in [2.45, 2.75) is 33.1 Å². The van der Waals surface area contributed by atoms with Crippen LogP contribution in [0.1, 0.15) is 33.1 Å². The van der Waals surface area contributed by atoms with Gasteiger partial charge in [-0.15, -0.1) is 0 Å². The second kappa shape index (κ2) is 8.31. The Labute approximate surface area is 105 Å². The van der Waals surface area contributed by atoms with Crippen LogP contribution in [0, 0.1) is 5.92 Å². The van der Waals surface area contributed by atoms with Gasteiger partial charge in [0.1, 0.15) is 0 Å². The average Bonchev–Trinajstić information content (AvgIpc) is 2.81. The minimum atomic E-state index is 0.560. The van der Waals surface area contributed by atoms with E-state index >= 15 is 0 Å². The summed E-state index contributed by atoms with van der Waals surface area (Å²) in [6.07, 6.45) is 3.86. The first kappa shape index (κ1) is 14.3. The number of nitrogens with zero attached hydrogens (tertiary/aromatic N) is 2. The van der Waals surface area contributed by atoms with E-state index in [0.717, 1.165) is 19.5 Å². The molecule has 5 nitrogen and oxygen atoms in total. The molecule has 0 aromatic rings. The standard InChI is InChI=1S/C12H27N5/c1-11(2)10-15-12(16-13)14-6-5-9-17-7-3-4-8-17/h11H,3-10,13H2,1-2H3,(H2,14,15,16). The first-order valence-electron chi connectivity index (χ1n) is 6.69. The SMILES string of the molecule is CC(C)CN=C(NN)NCCCN1CCCC1. The van der Waals surface area contributed by atoms with Crippen LogP contribution in [0.5, 0.6) is 0 Å². The zero-order chi connectivity index (χ0) is 12.5. The van der Waals surface area contributed by atoms with Crippen molar-refractivity contribution in [1.82, 2.24) is 15.6 Å². The second-order valence-electron chi connectivity index (χ2n) is 5.06. The first-order valence-corrected chi connectivity index (χ1v) is 6.69. The number of hydrazine groups is 1. The third-order valence-electron chi connectivity index (χ3n) is 2.89. The third-order valence-corrected chi connectivity index (χ3v) is 2.89. The maximum Gasteiger partial charge on any atom is 0.205 e. The molecular formula is C12H27N5. The molecule has 100 valence electrons. The molecule has 17 heavy (non-hydrogen) atoms. The van der Waals surface area contributed by atoms with E-state index in [9.17, 15) is 0 Å². The molecule has 0 aromatic carbocycles. The van der Waals surface area contributed by atoms with E-state index in [4.69, 9.17) is 5.84 Å². The van der Waals surface area contributed by atoms with Crippen LogP contribution >= 0.6 is 0 Å². The second-order valence-corrected chi connectivity index (χ2v) is 5.06. The van der Waals surface area contributed by atoms with Crippen LogP contribution in [-0.4, -0.2) is 43.6 Å².